The second-order valence-electron chi connectivity index (χ2n) is 3.01. The molecule has 0 amide bonds. The zero-order valence-electron chi connectivity index (χ0n) is 7.91. The summed E-state index contributed by atoms with van der Waals surface area (Å²) in [5.74, 6) is 0. The molecule has 5 nitrogen and oxygen atoms in total. The predicted octanol–water partition coefficient (Wildman–Crippen LogP) is -1.54. The van der Waals surface area contributed by atoms with Crippen molar-refractivity contribution in [2.75, 3.05) is 14.2 Å². The van der Waals surface area contributed by atoms with Crippen LogP contribution in [0.25, 0.3) is 0 Å². The maximum Gasteiger partial charge on any atom is 0.324 e. The van der Waals surface area contributed by atoms with E-state index in [9.17, 15) is 0 Å². The van der Waals surface area contributed by atoms with Gasteiger partial charge < -0.3 is 26.1 Å². The van der Waals surface area contributed by atoms with E-state index in [1.165, 1.54) is 0 Å². The van der Waals surface area contributed by atoms with Gasteiger partial charge in [-0.1, -0.05) is 0 Å². The van der Waals surface area contributed by atoms with E-state index in [1.807, 2.05) is 0 Å². The van der Waals surface area contributed by atoms with Crippen LogP contribution in [0.3, 0.4) is 0 Å². The zero-order valence-corrected chi connectivity index (χ0v) is 9.07. The molecule has 0 fully saturated rings. The van der Waals surface area contributed by atoms with Crippen LogP contribution in [0.15, 0.2) is 0 Å². The molecule has 0 heterocycles. The van der Waals surface area contributed by atoms with Crippen LogP contribution in [0, 0.1) is 0 Å². The van der Waals surface area contributed by atoms with Gasteiger partial charge in [0.2, 0.25) is 0 Å². The molecule has 0 saturated carbocycles. The van der Waals surface area contributed by atoms with Gasteiger partial charge in [0.25, 0.3) is 0 Å². The van der Waals surface area contributed by atoms with Gasteiger partial charge in [0.15, 0.2) is 0 Å². The average Bonchev–Trinajstić information content (AvgIpc) is 2.00. The van der Waals surface area contributed by atoms with E-state index >= 15 is 0 Å². The molecule has 0 aliphatic heterocycles. The van der Waals surface area contributed by atoms with Crippen molar-refractivity contribution in [1.29, 1.82) is 0 Å². The smallest absolute Gasteiger partial charge is 0.324 e. The fourth-order valence-corrected chi connectivity index (χ4v) is 2.21. The second kappa shape index (κ2) is 4.90. The van der Waals surface area contributed by atoms with Crippen LogP contribution in [-0.4, -0.2) is 35.2 Å². The van der Waals surface area contributed by atoms with Gasteiger partial charge in [-0.15, -0.1) is 0 Å². The Morgan fingerprint density at radius 1 is 1.33 bits per heavy atom. The minimum Gasteiger partial charge on any atom is -0.400 e. The maximum atomic E-state index is 5.74. The standard InChI is InChI=1S/C6H19N3O2Si/c1-5(7)6(8,9)4-12(10-2)11-3/h5,12H,4,7-9H2,1-3H3. The van der Waals surface area contributed by atoms with Crippen molar-refractivity contribution < 1.29 is 8.85 Å². The molecule has 6 heteroatoms. The molecule has 0 saturated heterocycles. The van der Waals surface area contributed by atoms with Crippen molar-refractivity contribution in [3.63, 3.8) is 0 Å². The summed E-state index contributed by atoms with van der Waals surface area (Å²) in [7, 11) is 1.49. The molecule has 0 aromatic carbocycles. The van der Waals surface area contributed by atoms with Crippen LogP contribution in [0.1, 0.15) is 6.92 Å². The second-order valence-corrected chi connectivity index (χ2v) is 5.22. The zero-order chi connectivity index (χ0) is 9.78. The number of hydrogen-bond acceptors (Lipinski definition) is 5. The molecule has 12 heavy (non-hydrogen) atoms. The van der Waals surface area contributed by atoms with E-state index in [2.05, 4.69) is 0 Å². The highest BCUT2D eigenvalue weighted by atomic mass is 28.3. The van der Waals surface area contributed by atoms with Crippen molar-refractivity contribution in [3.8, 4) is 0 Å². The monoisotopic (exact) mass is 193 g/mol. The Kier molecular flexibility index (Phi) is 4.91. The Bertz CT molecular complexity index is 128. The Balaban J connectivity index is 4.02. The maximum absolute atomic E-state index is 5.74. The summed E-state index contributed by atoms with van der Waals surface area (Å²) in [5, 5.41) is 0. The number of nitrogens with two attached hydrogens (primary N) is 3. The average molecular weight is 193 g/mol. The third kappa shape index (κ3) is 3.61. The van der Waals surface area contributed by atoms with Crippen LogP contribution in [0.4, 0.5) is 0 Å². The molecule has 0 radical (unpaired) electrons. The first kappa shape index (κ1) is 12.0. The first-order valence-corrected chi connectivity index (χ1v) is 5.59. The molecule has 0 spiro atoms. The molecule has 0 rings (SSSR count). The molecule has 6 N–H and O–H groups in total. The van der Waals surface area contributed by atoms with Crippen LogP contribution in [0.5, 0.6) is 0 Å². The highest BCUT2D eigenvalue weighted by molar-refractivity contribution is 6.44. The lowest BCUT2D eigenvalue weighted by atomic mass is 10.1. The van der Waals surface area contributed by atoms with E-state index in [4.69, 9.17) is 26.1 Å². The van der Waals surface area contributed by atoms with E-state index in [1.54, 1.807) is 21.1 Å². The van der Waals surface area contributed by atoms with Crippen molar-refractivity contribution in [2.45, 2.75) is 24.7 Å². The summed E-state index contributed by atoms with van der Waals surface area (Å²) < 4.78 is 10.2. The molecule has 1 unspecified atom stereocenters. The number of rotatable bonds is 5. The molecular weight excluding hydrogens is 174 g/mol. The van der Waals surface area contributed by atoms with E-state index in [0.29, 0.717) is 6.04 Å². The van der Waals surface area contributed by atoms with Gasteiger partial charge in [0, 0.05) is 26.3 Å². The fourth-order valence-electron chi connectivity index (χ4n) is 0.737. The van der Waals surface area contributed by atoms with Crippen molar-refractivity contribution >= 4 is 9.28 Å². The van der Waals surface area contributed by atoms with Gasteiger partial charge in [-0.3, -0.25) is 0 Å². The lowest BCUT2D eigenvalue weighted by Crippen LogP contribution is -2.62. The first-order valence-electron chi connectivity index (χ1n) is 3.83. The normalized spacial score (nSPS) is 15.2. The highest BCUT2D eigenvalue weighted by Crippen LogP contribution is 2.08. The highest BCUT2D eigenvalue weighted by Gasteiger charge is 2.29. The SMILES string of the molecule is CO[SiH](CC(N)(N)C(C)N)OC. The van der Waals surface area contributed by atoms with Crippen LogP contribution in [-0.2, 0) is 8.85 Å². The summed E-state index contributed by atoms with van der Waals surface area (Å²) in [6.45, 7) is 1.77. The topological polar surface area (TPSA) is 96.5 Å². The van der Waals surface area contributed by atoms with Crippen molar-refractivity contribution in [2.24, 2.45) is 17.2 Å². The largest absolute Gasteiger partial charge is 0.400 e. The molecule has 0 aliphatic rings. The van der Waals surface area contributed by atoms with Crippen LogP contribution in [0.2, 0.25) is 6.04 Å². The van der Waals surface area contributed by atoms with E-state index in [-0.39, 0.29) is 6.04 Å². The third-order valence-electron chi connectivity index (χ3n) is 1.89. The molecule has 0 bridgehead atoms. The number of hydrogen-bond donors (Lipinski definition) is 3. The molecule has 0 aliphatic carbocycles. The van der Waals surface area contributed by atoms with Crippen molar-refractivity contribution in [1.82, 2.24) is 0 Å². The van der Waals surface area contributed by atoms with Gasteiger partial charge in [-0.2, -0.15) is 0 Å². The quantitative estimate of drug-likeness (QED) is 0.363. The lowest BCUT2D eigenvalue weighted by molar-refractivity contribution is 0.258. The molecular formula is C6H19N3O2Si. The fraction of sp³-hybridized carbons (Fsp3) is 1.00. The minimum absolute atomic E-state index is 0.266. The Morgan fingerprint density at radius 2 is 1.75 bits per heavy atom. The van der Waals surface area contributed by atoms with E-state index < -0.39 is 14.9 Å². The van der Waals surface area contributed by atoms with E-state index in [0.717, 1.165) is 0 Å². The minimum atomic E-state index is -1.70. The first-order chi connectivity index (χ1) is 5.44. The molecule has 1 atom stereocenters. The van der Waals surface area contributed by atoms with Crippen molar-refractivity contribution in [3.05, 3.63) is 0 Å². The van der Waals surface area contributed by atoms with Gasteiger partial charge in [0.05, 0.1) is 5.66 Å². The van der Waals surface area contributed by atoms with Crippen LogP contribution >= 0.6 is 0 Å². The summed E-state index contributed by atoms with van der Waals surface area (Å²) in [5.41, 5.74) is 16.2. The Morgan fingerprint density at radius 3 is 2.00 bits per heavy atom. The summed E-state index contributed by atoms with van der Waals surface area (Å²) in [6, 6.07) is 0.246. The Hall–Kier alpha value is 0.0169. The summed E-state index contributed by atoms with van der Waals surface area (Å²) >= 11 is 0. The molecule has 0 aromatic heterocycles. The molecule has 74 valence electrons. The Labute approximate surface area is 75.0 Å². The molecule has 0 aromatic rings. The van der Waals surface area contributed by atoms with Crippen LogP contribution < -0.4 is 17.2 Å². The van der Waals surface area contributed by atoms with Gasteiger partial charge >= 0.3 is 9.28 Å². The third-order valence-corrected chi connectivity index (χ3v) is 3.99. The van der Waals surface area contributed by atoms with Gasteiger partial charge in [-0.25, -0.2) is 0 Å². The van der Waals surface area contributed by atoms with Gasteiger partial charge in [0.1, 0.15) is 0 Å². The predicted molar refractivity (Wildman–Crippen MR) is 50.7 cm³/mol. The summed E-state index contributed by atoms with van der Waals surface area (Å²) in [4.78, 5) is 0. The summed E-state index contributed by atoms with van der Waals surface area (Å²) in [6.07, 6.45) is 0. The lowest BCUT2D eigenvalue weighted by Gasteiger charge is -2.30. The van der Waals surface area contributed by atoms with Gasteiger partial charge in [-0.05, 0) is 6.92 Å².